The minimum atomic E-state index is -0.955. The van der Waals surface area contributed by atoms with Crippen LogP contribution in [0.25, 0.3) is 0 Å². The highest BCUT2D eigenvalue weighted by Gasteiger charge is 2.44. The second-order valence-electron chi connectivity index (χ2n) is 5.43. The molecule has 2 aliphatic carbocycles. The van der Waals surface area contributed by atoms with Crippen LogP contribution in [-0.4, -0.2) is 39.9 Å². The van der Waals surface area contributed by atoms with Crippen molar-refractivity contribution in [1.82, 2.24) is 0 Å². The van der Waals surface area contributed by atoms with Gasteiger partial charge in [-0.05, 0) is 20.3 Å². The lowest BCUT2D eigenvalue weighted by Crippen LogP contribution is -2.31. The lowest BCUT2D eigenvalue weighted by atomic mass is 9.83. The summed E-state index contributed by atoms with van der Waals surface area (Å²) in [6.45, 7) is 3.71. The summed E-state index contributed by atoms with van der Waals surface area (Å²) in [4.78, 5) is 12.0. The number of Topliss-reactive ketones (excluding diaryl/α,β-unsaturated/α-hetero) is 1. The van der Waals surface area contributed by atoms with Gasteiger partial charge in [-0.3, -0.25) is 4.79 Å². The third-order valence-electron chi connectivity index (χ3n) is 4.23. The molecule has 4 heteroatoms. The summed E-state index contributed by atoms with van der Waals surface area (Å²) in [7, 11) is 0. The highest BCUT2D eigenvalue weighted by Crippen LogP contribution is 2.39. The number of allylic oxidation sites excluding steroid dienone is 3. The first-order valence-electron chi connectivity index (χ1n) is 6.33. The van der Waals surface area contributed by atoms with Crippen LogP contribution in [0.4, 0.5) is 0 Å². The van der Waals surface area contributed by atoms with Gasteiger partial charge in [-0.2, -0.15) is 0 Å². The topological polar surface area (TPSA) is 77.8 Å². The van der Waals surface area contributed by atoms with E-state index in [9.17, 15) is 15.0 Å². The number of rotatable bonds is 2. The molecule has 3 N–H and O–H groups in total. The number of carbonyl (C=O) groups excluding carboxylic acids is 1. The molecule has 0 radical (unpaired) electrons. The summed E-state index contributed by atoms with van der Waals surface area (Å²) < 4.78 is 0. The minimum Gasteiger partial charge on any atom is -0.396 e. The molecule has 0 aromatic carbocycles. The zero-order valence-electron chi connectivity index (χ0n) is 10.8. The maximum Gasteiger partial charge on any atom is 0.163 e. The smallest absolute Gasteiger partial charge is 0.163 e. The highest BCUT2D eigenvalue weighted by atomic mass is 16.3. The molecule has 2 aliphatic rings. The minimum absolute atomic E-state index is 0.0212. The Labute approximate surface area is 107 Å². The van der Waals surface area contributed by atoms with Gasteiger partial charge in [0, 0.05) is 30.4 Å². The van der Waals surface area contributed by atoms with Crippen LogP contribution in [-0.2, 0) is 4.79 Å². The quantitative estimate of drug-likeness (QED) is 0.671. The molecule has 0 spiro atoms. The normalized spacial score (nSPS) is 37.2. The molecule has 0 aromatic rings. The van der Waals surface area contributed by atoms with Crippen molar-refractivity contribution in [3.8, 4) is 0 Å². The summed E-state index contributed by atoms with van der Waals surface area (Å²) in [5.41, 5.74) is 2.70. The van der Waals surface area contributed by atoms with Crippen molar-refractivity contribution in [2.45, 2.75) is 38.9 Å². The van der Waals surface area contributed by atoms with Crippen molar-refractivity contribution in [2.75, 3.05) is 6.61 Å². The molecular weight excluding hydrogens is 232 g/mol. The number of hydrogen-bond donors (Lipinski definition) is 3. The van der Waals surface area contributed by atoms with Gasteiger partial charge in [-0.1, -0.05) is 17.2 Å². The van der Waals surface area contributed by atoms with Crippen molar-refractivity contribution in [3.63, 3.8) is 0 Å². The number of aliphatic hydroxyl groups excluding tert-OH is 3. The summed E-state index contributed by atoms with van der Waals surface area (Å²) >= 11 is 0. The Bertz CT molecular complexity index is 422. The van der Waals surface area contributed by atoms with Crippen molar-refractivity contribution in [3.05, 3.63) is 22.8 Å². The molecule has 4 atom stereocenters. The van der Waals surface area contributed by atoms with Crippen LogP contribution in [0, 0.1) is 11.8 Å². The van der Waals surface area contributed by atoms with Crippen LogP contribution in [0.5, 0.6) is 0 Å². The monoisotopic (exact) mass is 252 g/mol. The standard InChI is InChI=1S/C14H20O4/c1-7-3-10(12(16)4-8(7)2)11-5-9(6-15)13(17)14(11)18/h3,9,11,13-15,17-18H,4-6H2,1-2H3/t9-,11+,13-,14+/m1/s1. The highest BCUT2D eigenvalue weighted by molar-refractivity contribution is 5.99. The van der Waals surface area contributed by atoms with E-state index >= 15 is 0 Å². The Balaban J connectivity index is 2.27. The molecule has 1 fully saturated rings. The fraction of sp³-hybridized carbons (Fsp3) is 0.643. The lowest BCUT2D eigenvalue weighted by Gasteiger charge is -2.22. The van der Waals surface area contributed by atoms with E-state index in [0.717, 1.165) is 11.1 Å². The fourth-order valence-corrected chi connectivity index (χ4v) is 2.85. The molecule has 0 unspecified atom stereocenters. The second kappa shape index (κ2) is 4.96. The summed E-state index contributed by atoms with van der Waals surface area (Å²) in [5.74, 6) is -0.674. The molecule has 0 aliphatic heterocycles. The third kappa shape index (κ3) is 2.16. The van der Waals surface area contributed by atoms with Crippen molar-refractivity contribution in [2.24, 2.45) is 11.8 Å². The molecule has 0 bridgehead atoms. The van der Waals surface area contributed by atoms with E-state index in [1.165, 1.54) is 0 Å². The largest absolute Gasteiger partial charge is 0.396 e. The number of aliphatic hydroxyl groups is 3. The van der Waals surface area contributed by atoms with Gasteiger partial charge in [-0.15, -0.1) is 0 Å². The van der Waals surface area contributed by atoms with Crippen molar-refractivity contribution in [1.29, 1.82) is 0 Å². The Kier molecular flexibility index (Phi) is 3.71. The molecular formula is C14H20O4. The zero-order chi connectivity index (χ0) is 13.4. The first kappa shape index (κ1) is 13.5. The van der Waals surface area contributed by atoms with E-state index in [1.807, 2.05) is 19.9 Å². The molecule has 18 heavy (non-hydrogen) atoms. The Morgan fingerprint density at radius 2 is 1.94 bits per heavy atom. The lowest BCUT2D eigenvalue weighted by molar-refractivity contribution is -0.116. The van der Waals surface area contributed by atoms with Crippen molar-refractivity contribution >= 4 is 5.78 Å². The number of hydrogen-bond acceptors (Lipinski definition) is 4. The first-order chi connectivity index (χ1) is 8.45. The van der Waals surface area contributed by atoms with Gasteiger partial charge in [-0.25, -0.2) is 0 Å². The van der Waals surface area contributed by atoms with Crippen LogP contribution < -0.4 is 0 Å². The van der Waals surface area contributed by atoms with E-state index in [1.54, 1.807) is 0 Å². The number of carbonyl (C=O) groups is 1. The molecule has 100 valence electrons. The van der Waals surface area contributed by atoms with Gasteiger partial charge in [0.25, 0.3) is 0 Å². The van der Waals surface area contributed by atoms with Gasteiger partial charge in [0.1, 0.15) is 0 Å². The molecule has 0 saturated heterocycles. The average Bonchev–Trinajstić information content (AvgIpc) is 2.61. The van der Waals surface area contributed by atoms with E-state index in [0.29, 0.717) is 18.4 Å². The van der Waals surface area contributed by atoms with Crippen LogP contribution in [0.15, 0.2) is 22.8 Å². The van der Waals surface area contributed by atoms with Gasteiger partial charge in [0.15, 0.2) is 5.78 Å². The Morgan fingerprint density at radius 3 is 2.50 bits per heavy atom. The number of ketones is 1. The predicted octanol–water partition coefficient (Wildman–Crippen LogP) is 0.572. The van der Waals surface area contributed by atoms with Crippen LogP contribution >= 0.6 is 0 Å². The Hall–Kier alpha value is -0.970. The molecule has 0 heterocycles. The molecule has 4 nitrogen and oxygen atoms in total. The third-order valence-corrected chi connectivity index (χ3v) is 4.23. The summed E-state index contributed by atoms with van der Waals surface area (Å²) in [6.07, 6.45) is 0.773. The molecule has 0 aromatic heterocycles. The van der Waals surface area contributed by atoms with E-state index < -0.39 is 12.2 Å². The summed E-state index contributed by atoms with van der Waals surface area (Å²) in [5, 5.41) is 29.0. The van der Waals surface area contributed by atoms with E-state index in [-0.39, 0.29) is 24.2 Å². The maximum atomic E-state index is 12.0. The molecule has 1 saturated carbocycles. The molecule has 2 rings (SSSR count). The van der Waals surface area contributed by atoms with Gasteiger partial charge >= 0.3 is 0 Å². The van der Waals surface area contributed by atoms with Gasteiger partial charge < -0.3 is 15.3 Å². The summed E-state index contributed by atoms with van der Waals surface area (Å²) in [6, 6.07) is 0. The van der Waals surface area contributed by atoms with E-state index in [2.05, 4.69) is 0 Å². The van der Waals surface area contributed by atoms with Gasteiger partial charge in [0.2, 0.25) is 0 Å². The average molecular weight is 252 g/mol. The van der Waals surface area contributed by atoms with Gasteiger partial charge in [0.05, 0.1) is 12.2 Å². The Morgan fingerprint density at radius 1 is 1.28 bits per heavy atom. The van der Waals surface area contributed by atoms with Crippen LogP contribution in [0.2, 0.25) is 0 Å². The predicted molar refractivity (Wildman–Crippen MR) is 66.8 cm³/mol. The second-order valence-corrected chi connectivity index (χ2v) is 5.43. The van der Waals surface area contributed by atoms with Crippen LogP contribution in [0.3, 0.4) is 0 Å². The van der Waals surface area contributed by atoms with Crippen molar-refractivity contribution < 1.29 is 20.1 Å². The SMILES string of the molecule is CC1=C(C)CC(=O)C([C@@H]2C[C@H](CO)[C@@H](O)[C@H]2O)=C1. The van der Waals surface area contributed by atoms with E-state index in [4.69, 9.17) is 5.11 Å². The molecule has 0 amide bonds. The van der Waals surface area contributed by atoms with Crippen LogP contribution in [0.1, 0.15) is 26.7 Å². The first-order valence-corrected chi connectivity index (χ1v) is 6.33. The zero-order valence-corrected chi connectivity index (χ0v) is 10.8. The maximum absolute atomic E-state index is 12.0. The fourth-order valence-electron chi connectivity index (χ4n) is 2.85.